The van der Waals surface area contributed by atoms with E-state index in [-0.39, 0.29) is 5.82 Å². The summed E-state index contributed by atoms with van der Waals surface area (Å²) >= 11 is 10.7. The summed E-state index contributed by atoms with van der Waals surface area (Å²) in [5.74, 6) is -0.287. The van der Waals surface area contributed by atoms with Crippen molar-refractivity contribution in [3.05, 3.63) is 59.1 Å². The van der Waals surface area contributed by atoms with Crippen LogP contribution in [0.3, 0.4) is 0 Å². The molecular formula is C14H10FN3S2. The fraction of sp³-hybridized carbons (Fsp3) is 0. The highest BCUT2D eigenvalue weighted by molar-refractivity contribution is 7.80. The van der Waals surface area contributed by atoms with Crippen molar-refractivity contribution in [2.45, 2.75) is 0 Å². The molecule has 1 heterocycles. The Morgan fingerprint density at radius 3 is 2.55 bits per heavy atom. The van der Waals surface area contributed by atoms with Crippen LogP contribution in [0.1, 0.15) is 0 Å². The molecule has 2 N–H and O–H groups in total. The second-order valence-corrected chi connectivity index (χ2v) is 4.99. The van der Waals surface area contributed by atoms with Crippen molar-refractivity contribution in [1.29, 1.82) is 0 Å². The number of anilines is 1. The standard InChI is InChI=1S/C14H10FN3S2/c15-9-5-7-10(8-6-9)16-13(19)18-12-4-2-1-3-11(12)17-14(18)20/h1-8H,(H,16,19)(H,17,20). The Bertz CT molecular complexity index is 833. The minimum absolute atomic E-state index is 0.287. The lowest BCUT2D eigenvalue weighted by Gasteiger charge is -2.09. The lowest BCUT2D eigenvalue weighted by molar-refractivity contribution is 0.628. The first-order valence-electron chi connectivity index (χ1n) is 5.92. The number of rotatable bonds is 1. The van der Waals surface area contributed by atoms with Crippen molar-refractivity contribution in [2.75, 3.05) is 5.32 Å². The van der Waals surface area contributed by atoms with Crippen LogP contribution in [0.5, 0.6) is 0 Å². The van der Waals surface area contributed by atoms with Crippen LogP contribution < -0.4 is 5.32 Å². The van der Waals surface area contributed by atoms with Crippen molar-refractivity contribution < 1.29 is 4.39 Å². The van der Waals surface area contributed by atoms with E-state index in [0.717, 1.165) is 11.0 Å². The third-order valence-corrected chi connectivity index (χ3v) is 3.46. The summed E-state index contributed by atoms with van der Waals surface area (Å²) < 4.78 is 15.1. The van der Waals surface area contributed by atoms with Crippen LogP contribution in [0, 0.1) is 10.6 Å². The summed E-state index contributed by atoms with van der Waals surface area (Å²) in [6.45, 7) is 0. The minimum Gasteiger partial charge on any atom is -0.332 e. The Labute approximate surface area is 125 Å². The SMILES string of the molecule is Fc1ccc(NC(=S)n2c(=S)[nH]c3ccccc32)cc1. The van der Waals surface area contributed by atoms with E-state index in [9.17, 15) is 4.39 Å². The first-order valence-corrected chi connectivity index (χ1v) is 6.73. The van der Waals surface area contributed by atoms with Gasteiger partial charge >= 0.3 is 0 Å². The van der Waals surface area contributed by atoms with Gasteiger partial charge in [0.15, 0.2) is 9.88 Å². The number of aromatic amines is 1. The van der Waals surface area contributed by atoms with Crippen molar-refractivity contribution in [3.8, 4) is 0 Å². The van der Waals surface area contributed by atoms with Gasteiger partial charge in [-0.05, 0) is 60.8 Å². The van der Waals surface area contributed by atoms with Crippen LogP contribution in [-0.2, 0) is 0 Å². The Morgan fingerprint density at radius 1 is 1.10 bits per heavy atom. The van der Waals surface area contributed by atoms with E-state index < -0.39 is 0 Å². The number of aromatic nitrogens is 2. The van der Waals surface area contributed by atoms with Crippen LogP contribution in [0.4, 0.5) is 10.1 Å². The normalized spacial score (nSPS) is 10.7. The molecule has 0 amide bonds. The lowest BCUT2D eigenvalue weighted by Crippen LogP contribution is -2.19. The molecule has 3 nitrogen and oxygen atoms in total. The van der Waals surface area contributed by atoms with E-state index in [1.807, 2.05) is 24.3 Å². The van der Waals surface area contributed by atoms with Crippen LogP contribution >= 0.6 is 24.4 Å². The average molecular weight is 303 g/mol. The number of nitrogens with zero attached hydrogens (tertiary/aromatic N) is 1. The van der Waals surface area contributed by atoms with Crippen LogP contribution in [0.25, 0.3) is 11.0 Å². The lowest BCUT2D eigenvalue weighted by atomic mass is 10.3. The molecule has 0 atom stereocenters. The number of H-pyrrole nitrogens is 1. The molecule has 2 aromatic carbocycles. The molecule has 100 valence electrons. The molecule has 0 unspecified atom stereocenters. The fourth-order valence-electron chi connectivity index (χ4n) is 1.97. The van der Waals surface area contributed by atoms with Crippen molar-refractivity contribution in [3.63, 3.8) is 0 Å². The van der Waals surface area contributed by atoms with Crippen LogP contribution in [0.2, 0.25) is 0 Å². The number of para-hydroxylation sites is 2. The number of fused-ring (bicyclic) bond motifs is 1. The third-order valence-electron chi connectivity index (χ3n) is 2.89. The quantitative estimate of drug-likeness (QED) is 0.664. The van der Waals surface area contributed by atoms with Gasteiger partial charge in [0, 0.05) is 5.69 Å². The van der Waals surface area contributed by atoms with E-state index in [1.165, 1.54) is 12.1 Å². The fourth-order valence-corrected chi connectivity index (χ4v) is 2.63. The second kappa shape index (κ2) is 5.15. The molecule has 0 saturated carbocycles. The number of benzene rings is 2. The van der Waals surface area contributed by atoms with E-state index in [4.69, 9.17) is 24.4 Å². The van der Waals surface area contributed by atoms with Crippen LogP contribution in [0.15, 0.2) is 48.5 Å². The molecule has 3 aromatic rings. The van der Waals surface area contributed by atoms with Gasteiger partial charge in [-0.1, -0.05) is 12.1 Å². The minimum atomic E-state index is -0.287. The largest absolute Gasteiger partial charge is 0.332 e. The molecule has 0 bridgehead atoms. The maximum atomic E-state index is 12.9. The van der Waals surface area contributed by atoms with Crippen molar-refractivity contribution in [1.82, 2.24) is 9.55 Å². The summed E-state index contributed by atoms with van der Waals surface area (Å²) in [7, 11) is 0. The Hall–Kier alpha value is -2.05. The molecule has 0 saturated heterocycles. The van der Waals surface area contributed by atoms with Gasteiger partial charge < -0.3 is 10.3 Å². The molecule has 0 aliphatic heterocycles. The van der Waals surface area contributed by atoms with E-state index in [2.05, 4.69) is 10.3 Å². The topological polar surface area (TPSA) is 32.8 Å². The number of nitrogens with one attached hydrogen (secondary N) is 2. The summed E-state index contributed by atoms with van der Waals surface area (Å²) in [4.78, 5) is 3.09. The van der Waals surface area contributed by atoms with Gasteiger partial charge in [0.2, 0.25) is 0 Å². The van der Waals surface area contributed by atoms with E-state index in [1.54, 1.807) is 16.7 Å². The Kier molecular flexibility index (Phi) is 3.33. The molecule has 3 rings (SSSR count). The zero-order valence-corrected chi connectivity index (χ0v) is 11.9. The number of hydrogen-bond acceptors (Lipinski definition) is 2. The molecular weight excluding hydrogens is 293 g/mol. The van der Waals surface area contributed by atoms with Gasteiger partial charge in [0.05, 0.1) is 11.0 Å². The van der Waals surface area contributed by atoms with Gasteiger partial charge in [-0.2, -0.15) is 0 Å². The van der Waals surface area contributed by atoms with Crippen LogP contribution in [-0.4, -0.2) is 14.7 Å². The number of hydrogen-bond donors (Lipinski definition) is 2. The third kappa shape index (κ3) is 2.35. The zero-order chi connectivity index (χ0) is 14.1. The predicted octanol–water partition coefficient (Wildman–Crippen LogP) is 4.08. The molecule has 0 fully saturated rings. The molecule has 0 radical (unpaired) electrons. The smallest absolute Gasteiger partial charge is 0.184 e. The van der Waals surface area contributed by atoms with Crippen molar-refractivity contribution in [2.24, 2.45) is 0 Å². The van der Waals surface area contributed by atoms with Gasteiger partial charge in [-0.15, -0.1) is 0 Å². The van der Waals surface area contributed by atoms with Gasteiger partial charge in [0.25, 0.3) is 0 Å². The summed E-state index contributed by atoms with van der Waals surface area (Å²) in [6.07, 6.45) is 0. The number of halogens is 1. The summed E-state index contributed by atoms with van der Waals surface area (Å²) in [5.41, 5.74) is 2.53. The monoisotopic (exact) mass is 303 g/mol. The van der Waals surface area contributed by atoms with Gasteiger partial charge in [-0.3, -0.25) is 4.57 Å². The van der Waals surface area contributed by atoms with Gasteiger partial charge in [-0.25, -0.2) is 4.39 Å². The number of imidazole rings is 1. The average Bonchev–Trinajstić information content (AvgIpc) is 2.77. The molecule has 0 aliphatic rings. The molecule has 0 aliphatic carbocycles. The van der Waals surface area contributed by atoms with Crippen molar-refractivity contribution >= 4 is 46.3 Å². The summed E-state index contributed by atoms with van der Waals surface area (Å²) in [5, 5.41) is 3.49. The Morgan fingerprint density at radius 2 is 1.80 bits per heavy atom. The maximum Gasteiger partial charge on any atom is 0.184 e. The predicted molar refractivity (Wildman–Crippen MR) is 85.1 cm³/mol. The first kappa shape index (κ1) is 13.0. The van der Waals surface area contributed by atoms with E-state index >= 15 is 0 Å². The summed E-state index contributed by atoms with van der Waals surface area (Å²) in [6, 6.07) is 13.7. The highest BCUT2D eigenvalue weighted by Crippen LogP contribution is 2.15. The Balaban J connectivity index is 1.98. The van der Waals surface area contributed by atoms with E-state index in [0.29, 0.717) is 15.6 Å². The second-order valence-electron chi connectivity index (χ2n) is 4.22. The molecule has 6 heteroatoms. The highest BCUT2D eigenvalue weighted by Gasteiger charge is 2.08. The first-order chi connectivity index (χ1) is 9.65. The molecule has 1 aromatic heterocycles. The highest BCUT2D eigenvalue weighted by atomic mass is 32.1. The van der Waals surface area contributed by atoms with Gasteiger partial charge in [0.1, 0.15) is 5.82 Å². The molecule has 20 heavy (non-hydrogen) atoms. The molecule has 0 spiro atoms. The maximum absolute atomic E-state index is 12.9. The number of thiocarbonyl (C=S) groups is 1. The zero-order valence-electron chi connectivity index (χ0n) is 10.3.